The zero-order chi connectivity index (χ0) is 19.8. The molecule has 0 saturated heterocycles. The molecule has 27 heavy (non-hydrogen) atoms. The zero-order valence-electron chi connectivity index (χ0n) is 16.5. The van der Waals surface area contributed by atoms with Gasteiger partial charge in [-0.2, -0.15) is 0 Å². The molecule has 0 saturated carbocycles. The first-order valence-corrected chi connectivity index (χ1v) is 9.56. The number of hydrogen-bond donors (Lipinski definition) is 1. The molecule has 8 heteroatoms. The number of aryl methyl sites for hydroxylation is 1. The van der Waals surface area contributed by atoms with Gasteiger partial charge < -0.3 is 19.5 Å². The van der Waals surface area contributed by atoms with E-state index in [2.05, 4.69) is 17.2 Å². The second-order valence-electron chi connectivity index (χ2n) is 6.05. The van der Waals surface area contributed by atoms with Crippen LogP contribution in [0.1, 0.15) is 23.2 Å². The monoisotopic (exact) mass is 393 g/mol. The van der Waals surface area contributed by atoms with Crippen LogP contribution >= 0.6 is 11.3 Å². The quantitative estimate of drug-likeness (QED) is 0.669. The molecule has 1 heterocycles. The molecule has 2 rings (SSSR count). The minimum absolute atomic E-state index is 0.0692. The van der Waals surface area contributed by atoms with Crippen LogP contribution in [-0.2, 0) is 24.3 Å². The minimum Gasteiger partial charge on any atom is -0.496 e. The largest absolute Gasteiger partial charge is 0.496 e. The lowest BCUT2D eigenvalue weighted by Crippen LogP contribution is -2.34. The van der Waals surface area contributed by atoms with E-state index in [4.69, 9.17) is 14.2 Å². The van der Waals surface area contributed by atoms with Crippen LogP contribution < -0.4 is 19.5 Å². The van der Waals surface area contributed by atoms with Gasteiger partial charge in [0.25, 0.3) is 0 Å². The number of rotatable bonds is 10. The van der Waals surface area contributed by atoms with Gasteiger partial charge >= 0.3 is 0 Å². The summed E-state index contributed by atoms with van der Waals surface area (Å²) in [5.41, 5.74) is 1.81. The Kier molecular flexibility index (Phi) is 7.87. The maximum absolute atomic E-state index is 12.3. The molecule has 1 aromatic heterocycles. The molecular weight excluding hydrogens is 366 g/mol. The van der Waals surface area contributed by atoms with E-state index < -0.39 is 0 Å². The third-order valence-electron chi connectivity index (χ3n) is 4.01. The van der Waals surface area contributed by atoms with Crippen LogP contribution in [0.25, 0.3) is 0 Å². The average Bonchev–Trinajstić information content (AvgIpc) is 3.12. The van der Waals surface area contributed by atoms with E-state index in [0.717, 1.165) is 22.7 Å². The molecule has 7 nitrogen and oxygen atoms in total. The van der Waals surface area contributed by atoms with Gasteiger partial charge in [-0.1, -0.05) is 6.92 Å². The summed E-state index contributed by atoms with van der Waals surface area (Å²) in [5.74, 6) is 1.74. The van der Waals surface area contributed by atoms with E-state index in [1.807, 2.05) is 23.4 Å². The van der Waals surface area contributed by atoms with Crippen molar-refractivity contribution in [3.8, 4) is 17.2 Å². The van der Waals surface area contributed by atoms with Crippen molar-refractivity contribution in [3.05, 3.63) is 33.8 Å². The molecule has 2 aromatic rings. The van der Waals surface area contributed by atoms with Crippen molar-refractivity contribution in [2.75, 3.05) is 34.9 Å². The van der Waals surface area contributed by atoms with E-state index in [0.29, 0.717) is 30.3 Å². The lowest BCUT2D eigenvalue weighted by Gasteiger charge is -2.17. The second kappa shape index (κ2) is 10.1. The van der Waals surface area contributed by atoms with Crippen molar-refractivity contribution in [3.63, 3.8) is 0 Å². The van der Waals surface area contributed by atoms with Crippen LogP contribution in [0.2, 0.25) is 0 Å². The lowest BCUT2D eigenvalue weighted by atomic mass is 10.1. The number of nitrogens with zero attached hydrogens (tertiary/aromatic N) is 2. The van der Waals surface area contributed by atoms with Gasteiger partial charge in [-0.15, -0.1) is 11.3 Å². The summed E-state index contributed by atoms with van der Waals surface area (Å²) in [6, 6.07) is 3.56. The van der Waals surface area contributed by atoms with Gasteiger partial charge in [-0.3, -0.25) is 9.69 Å². The number of likely N-dealkylation sites (N-methyl/N-ethyl adjacent to an activating group) is 1. The predicted molar refractivity (Wildman–Crippen MR) is 106 cm³/mol. The van der Waals surface area contributed by atoms with Gasteiger partial charge in [0.05, 0.1) is 38.6 Å². The Morgan fingerprint density at radius 3 is 2.41 bits per heavy atom. The summed E-state index contributed by atoms with van der Waals surface area (Å²) in [5, 5.41) is 6.08. The lowest BCUT2D eigenvalue weighted by molar-refractivity contribution is -0.122. The first-order valence-electron chi connectivity index (χ1n) is 8.68. The number of benzene rings is 1. The molecular formula is C19H27N3O4S. The van der Waals surface area contributed by atoms with Gasteiger partial charge in [0.15, 0.2) is 11.5 Å². The number of ether oxygens (including phenoxy) is 3. The van der Waals surface area contributed by atoms with Gasteiger partial charge in [0, 0.05) is 30.1 Å². The molecule has 0 aliphatic rings. The average molecular weight is 394 g/mol. The van der Waals surface area contributed by atoms with Crippen LogP contribution in [0.15, 0.2) is 17.5 Å². The van der Waals surface area contributed by atoms with Crippen molar-refractivity contribution >= 4 is 17.2 Å². The van der Waals surface area contributed by atoms with Gasteiger partial charge in [0.1, 0.15) is 5.75 Å². The van der Waals surface area contributed by atoms with E-state index >= 15 is 0 Å². The highest BCUT2D eigenvalue weighted by molar-refractivity contribution is 7.09. The molecule has 1 N–H and O–H groups in total. The molecule has 0 radical (unpaired) electrons. The van der Waals surface area contributed by atoms with E-state index in [1.54, 1.807) is 38.7 Å². The van der Waals surface area contributed by atoms with E-state index in [1.165, 1.54) is 0 Å². The second-order valence-corrected chi connectivity index (χ2v) is 7.00. The van der Waals surface area contributed by atoms with E-state index in [-0.39, 0.29) is 12.5 Å². The standard InChI is InChI=1S/C19H27N3O4S/c1-6-19-21-14(12-27-19)10-22(2)11-18(23)20-9-13-7-16(25-4)17(26-5)8-15(13)24-3/h7-8,12H,6,9-11H2,1-5H3,(H,20,23). The molecule has 148 valence electrons. The Hall–Kier alpha value is -2.32. The topological polar surface area (TPSA) is 72.9 Å². The minimum atomic E-state index is -0.0692. The fraction of sp³-hybridized carbons (Fsp3) is 0.474. The summed E-state index contributed by atoms with van der Waals surface area (Å²) >= 11 is 1.65. The number of methoxy groups -OCH3 is 3. The molecule has 0 aliphatic carbocycles. The number of carbonyl (C=O) groups is 1. The molecule has 0 fully saturated rings. The Bertz CT molecular complexity index is 763. The first kappa shape index (κ1) is 21.0. The van der Waals surface area contributed by atoms with Gasteiger partial charge in [-0.05, 0) is 19.5 Å². The molecule has 0 spiro atoms. The van der Waals surface area contributed by atoms with Gasteiger partial charge in [0.2, 0.25) is 5.91 Å². The van der Waals surface area contributed by atoms with Crippen molar-refractivity contribution in [1.82, 2.24) is 15.2 Å². The summed E-state index contributed by atoms with van der Waals surface area (Å²) < 4.78 is 16.0. The Morgan fingerprint density at radius 1 is 1.15 bits per heavy atom. The molecule has 0 aliphatic heterocycles. The summed E-state index contributed by atoms with van der Waals surface area (Å²) in [6.45, 7) is 3.35. The number of aromatic nitrogens is 1. The summed E-state index contributed by atoms with van der Waals surface area (Å²) in [6.07, 6.45) is 0.933. The Balaban J connectivity index is 1.92. The maximum Gasteiger partial charge on any atom is 0.234 e. The molecule has 0 unspecified atom stereocenters. The van der Waals surface area contributed by atoms with Crippen LogP contribution in [0, 0.1) is 0 Å². The van der Waals surface area contributed by atoms with Crippen LogP contribution in [0.5, 0.6) is 17.2 Å². The molecule has 0 atom stereocenters. The van der Waals surface area contributed by atoms with Crippen molar-refractivity contribution in [2.45, 2.75) is 26.4 Å². The highest BCUT2D eigenvalue weighted by atomic mass is 32.1. The number of hydrogen-bond acceptors (Lipinski definition) is 7. The SMILES string of the molecule is CCc1nc(CN(C)CC(=O)NCc2cc(OC)c(OC)cc2OC)cs1. The predicted octanol–water partition coefficient (Wildman–Crippen LogP) is 2.48. The Labute approximate surface area is 164 Å². The molecule has 1 aromatic carbocycles. The first-order chi connectivity index (χ1) is 13.0. The van der Waals surface area contributed by atoms with Crippen LogP contribution in [0.3, 0.4) is 0 Å². The highest BCUT2D eigenvalue weighted by Gasteiger charge is 2.14. The van der Waals surface area contributed by atoms with Crippen molar-refractivity contribution in [1.29, 1.82) is 0 Å². The summed E-state index contributed by atoms with van der Waals surface area (Å²) in [7, 11) is 6.63. The number of thiazole rings is 1. The molecule has 0 bridgehead atoms. The molecule has 1 amide bonds. The summed E-state index contributed by atoms with van der Waals surface area (Å²) in [4.78, 5) is 18.8. The van der Waals surface area contributed by atoms with Crippen molar-refractivity contribution < 1.29 is 19.0 Å². The maximum atomic E-state index is 12.3. The number of carbonyl (C=O) groups excluding carboxylic acids is 1. The fourth-order valence-electron chi connectivity index (χ4n) is 2.64. The van der Waals surface area contributed by atoms with Gasteiger partial charge in [-0.25, -0.2) is 4.98 Å². The highest BCUT2D eigenvalue weighted by Crippen LogP contribution is 2.34. The van der Waals surface area contributed by atoms with Crippen LogP contribution in [-0.4, -0.2) is 50.7 Å². The third-order valence-corrected chi connectivity index (χ3v) is 5.05. The van der Waals surface area contributed by atoms with E-state index in [9.17, 15) is 4.79 Å². The Morgan fingerprint density at radius 2 is 1.81 bits per heavy atom. The smallest absolute Gasteiger partial charge is 0.234 e. The zero-order valence-corrected chi connectivity index (χ0v) is 17.3. The number of nitrogens with one attached hydrogen (secondary N) is 1. The third kappa shape index (κ3) is 5.83. The van der Waals surface area contributed by atoms with Crippen LogP contribution in [0.4, 0.5) is 0 Å². The van der Waals surface area contributed by atoms with Crippen molar-refractivity contribution in [2.24, 2.45) is 0 Å². The number of amides is 1. The normalized spacial score (nSPS) is 10.7. The fourth-order valence-corrected chi connectivity index (χ4v) is 3.38.